The molecule has 0 saturated heterocycles. The number of carbonyl (C=O) groups excluding carboxylic acids is 2. The number of carbonyl (C=O) groups is 2. The summed E-state index contributed by atoms with van der Waals surface area (Å²) in [6.45, 7) is 4.43. The first kappa shape index (κ1) is 20.6. The van der Waals surface area contributed by atoms with Crippen LogP contribution in [0.25, 0.3) is 0 Å². The lowest BCUT2D eigenvalue weighted by Gasteiger charge is -2.28. The van der Waals surface area contributed by atoms with Gasteiger partial charge < -0.3 is 10.2 Å². The van der Waals surface area contributed by atoms with Gasteiger partial charge >= 0.3 is 6.03 Å². The van der Waals surface area contributed by atoms with Crippen molar-refractivity contribution < 1.29 is 9.59 Å². The van der Waals surface area contributed by atoms with Gasteiger partial charge in [0.2, 0.25) is 11.2 Å². The summed E-state index contributed by atoms with van der Waals surface area (Å²) >= 11 is 6.07. The van der Waals surface area contributed by atoms with Gasteiger partial charge in [-0.2, -0.15) is 4.98 Å². The Kier molecular flexibility index (Phi) is 5.95. The summed E-state index contributed by atoms with van der Waals surface area (Å²) in [4.78, 5) is 37.1. The van der Waals surface area contributed by atoms with Crippen LogP contribution >= 0.6 is 11.6 Å². The number of hydrogen-bond acceptors (Lipinski definition) is 4. The summed E-state index contributed by atoms with van der Waals surface area (Å²) in [5.74, 6) is 0.101. The molecule has 7 nitrogen and oxygen atoms in total. The molecule has 156 valence electrons. The zero-order valence-electron chi connectivity index (χ0n) is 16.7. The number of nitrogens with one attached hydrogen (secondary N) is 1. The number of rotatable bonds is 5. The summed E-state index contributed by atoms with van der Waals surface area (Å²) in [6.07, 6.45) is 3.43. The Morgan fingerprint density at radius 2 is 2.00 bits per heavy atom. The molecule has 0 atom stereocenters. The van der Waals surface area contributed by atoms with Gasteiger partial charge in [-0.3, -0.25) is 4.79 Å². The molecule has 8 heteroatoms. The molecule has 0 aliphatic carbocycles. The number of hydrogen-bond donors (Lipinski definition) is 1. The second-order valence-corrected chi connectivity index (χ2v) is 7.34. The lowest BCUT2D eigenvalue weighted by molar-refractivity contribution is -0.111. The van der Waals surface area contributed by atoms with E-state index >= 15 is 0 Å². The van der Waals surface area contributed by atoms with Gasteiger partial charge in [0.25, 0.3) is 0 Å². The standard InChI is InChI=1S/C23H20ClN5O2/c1-2-20(30)26-18-9-6-10-19(13-18)29-21-17(14-25-22(24)27-21)11-12-28(23(29)31)15-16-7-4-3-5-8-16/h2-10,13-14H,1,11-12,15H2,(H,26,30). The van der Waals surface area contributed by atoms with Crippen molar-refractivity contribution in [3.05, 3.63) is 89.9 Å². The minimum atomic E-state index is -0.337. The highest BCUT2D eigenvalue weighted by Crippen LogP contribution is 2.33. The van der Waals surface area contributed by atoms with Gasteiger partial charge in [0.1, 0.15) is 5.82 Å². The maximum atomic E-state index is 13.7. The third-order valence-corrected chi connectivity index (χ3v) is 5.09. The minimum Gasteiger partial charge on any atom is -0.322 e. The summed E-state index contributed by atoms with van der Waals surface area (Å²) in [5.41, 5.74) is 2.94. The largest absolute Gasteiger partial charge is 0.330 e. The number of amides is 3. The molecule has 2 heterocycles. The van der Waals surface area contributed by atoms with Gasteiger partial charge in [0.15, 0.2) is 0 Å². The van der Waals surface area contributed by atoms with E-state index < -0.39 is 0 Å². The average molecular weight is 434 g/mol. The number of benzene rings is 2. The molecular weight excluding hydrogens is 414 g/mol. The molecule has 0 saturated carbocycles. The molecule has 0 spiro atoms. The summed E-state index contributed by atoms with van der Waals surface area (Å²) in [7, 11) is 0. The van der Waals surface area contributed by atoms with Gasteiger partial charge in [-0.1, -0.05) is 43.0 Å². The minimum absolute atomic E-state index is 0.0594. The van der Waals surface area contributed by atoms with Crippen LogP contribution in [-0.4, -0.2) is 33.4 Å². The Labute approximate surface area is 185 Å². The fourth-order valence-electron chi connectivity index (χ4n) is 3.43. The third-order valence-electron chi connectivity index (χ3n) is 4.91. The number of aromatic nitrogens is 2. The van der Waals surface area contributed by atoms with Gasteiger partial charge in [0.05, 0.1) is 5.69 Å². The van der Waals surface area contributed by atoms with E-state index in [1.807, 2.05) is 30.3 Å². The first-order chi connectivity index (χ1) is 15.0. The Morgan fingerprint density at radius 3 is 2.77 bits per heavy atom. The number of halogens is 1. The lowest BCUT2D eigenvalue weighted by Crippen LogP contribution is -2.40. The van der Waals surface area contributed by atoms with Crippen LogP contribution in [0.4, 0.5) is 22.0 Å². The zero-order valence-corrected chi connectivity index (χ0v) is 17.4. The monoisotopic (exact) mass is 433 g/mol. The maximum Gasteiger partial charge on any atom is 0.330 e. The van der Waals surface area contributed by atoms with Gasteiger partial charge in [-0.25, -0.2) is 14.7 Å². The third kappa shape index (κ3) is 4.57. The summed E-state index contributed by atoms with van der Waals surface area (Å²) in [6, 6.07) is 16.6. The van der Waals surface area contributed by atoms with E-state index in [1.165, 1.54) is 11.0 Å². The van der Waals surface area contributed by atoms with E-state index in [0.29, 0.717) is 36.7 Å². The van der Waals surface area contributed by atoms with E-state index in [-0.39, 0.29) is 17.2 Å². The van der Waals surface area contributed by atoms with Crippen molar-refractivity contribution in [2.24, 2.45) is 0 Å². The normalized spacial score (nSPS) is 13.4. The summed E-state index contributed by atoms with van der Waals surface area (Å²) < 4.78 is 0. The molecule has 0 unspecified atom stereocenters. The van der Waals surface area contributed by atoms with Crippen molar-refractivity contribution in [3.8, 4) is 0 Å². The van der Waals surface area contributed by atoms with Crippen LogP contribution < -0.4 is 10.2 Å². The predicted octanol–water partition coefficient (Wildman–Crippen LogP) is 4.57. The molecule has 2 aromatic carbocycles. The second kappa shape index (κ2) is 8.97. The molecule has 1 aromatic heterocycles. The molecule has 1 aliphatic heterocycles. The van der Waals surface area contributed by atoms with Crippen molar-refractivity contribution in [2.75, 3.05) is 16.8 Å². The van der Waals surface area contributed by atoms with E-state index in [1.54, 1.807) is 35.4 Å². The smallest absolute Gasteiger partial charge is 0.322 e. The highest BCUT2D eigenvalue weighted by Gasteiger charge is 2.31. The number of anilines is 3. The molecule has 31 heavy (non-hydrogen) atoms. The number of nitrogens with zero attached hydrogens (tertiary/aromatic N) is 4. The number of fused-ring (bicyclic) bond motifs is 1. The Balaban J connectivity index is 1.75. The SMILES string of the molecule is C=CC(=O)Nc1cccc(N2C(=O)N(Cc3ccccc3)CCc3cnc(Cl)nc32)c1. The highest BCUT2D eigenvalue weighted by molar-refractivity contribution is 6.28. The fraction of sp³-hybridized carbons (Fsp3) is 0.130. The Morgan fingerprint density at radius 1 is 1.19 bits per heavy atom. The lowest BCUT2D eigenvalue weighted by atomic mass is 10.2. The van der Waals surface area contributed by atoms with Gasteiger partial charge in [-0.15, -0.1) is 0 Å². The van der Waals surface area contributed by atoms with Crippen LogP contribution in [0.15, 0.2) is 73.4 Å². The average Bonchev–Trinajstić information content (AvgIpc) is 2.91. The van der Waals surface area contributed by atoms with Crippen LogP contribution in [0.2, 0.25) is 5.28 Å². The first-order valence-electron chi connectivity index (χ1n) is 9.73. The molecule has 0 fully saturated rings. The van der Waals surface area contributed by atoms with Crippen LogP contribution in [-0.2, 0) is 17.8 Å². The predicted molar refractivity (Wildman–Crippen MR) is 120 cm³/mol. The van der Waals surface area contributed by atoms with Crippen LogP contribution in [0.5, 0.6) is 0 Å². The summed E-state index contributed by atoms with van der Waals surface area (Å²) in [5, 5.41) is 2.78. The molecule has 3 amide bonds. The highest BCUT2D eigenvalue weighted by atomic mass is 35.5. The molecule has 1 aliphatic rings. The van der Waals surface area contributed by atoms with Crippen molar-refractivity contribution >= 4 is 40.7 Å². The van der Waals surface area contributed by atoms with Crippen molar-refractivity contribution in [1.29, 1.82) is 0 Å². The maximum absolute atomic E-state index is 13.7. The first-order valence-corrected chi connectivity index (χ1v) is 10.1. The van der Waals surface area contributed by atoms with Gasteiger partial charge in [0, 0.05) is 30.5 Å². The van der Waals surface area contributed by atoms with Gasteiger partial charge in [-0.05, 0) is 47.9 Å². The molecule has 1 N–H and O–H groups in total. The van der Waals surface area contributed by atoms with Crippen LogP contribution in [0, 0.1) is 0 Å². The van der Waals surface area contributed by atoms with E-state index in [0.717, 1.165) is 11.1 Å². The second-order valence-electron chi connectivity index (χ2n) is 7.01. The quantitative estimate of drug-likeness (QED) is 0.472. The topological polar surface area (TPSA) is 78.4 Å². The molecule has 0 bridgehead atoms. The van der Waals surface area contributed by atoms with Crippen LogP contribution in [0.1, 0.15) is 11.1 Å². The van der Waals surface area contributed by atoms with Crippen molar-refractivity contribution in [1.82, 2.24) is 14.9 Å². The molecule has 4 rings (SSSR count). The van der Waals surface area contributed by atoms with Crippen LogP contribution in [0.3, 0.4) is 0 Å². The Bertz CT molecular complexity index is 1140. The molecule has 0 radical (unpaired) electrons. The fourth-order valence-corrected chi connectivity index (χ4v) is 3.56. The molecule has 3 aromatic rings. The van der Waals surface area contributed by atoms with E-state index in [2.05, 4.69) is 21.9 Å². The van der Waals surface area contributed by atoms with Crippen molar-refractivity contribution in [2.45, 2.75) is 13.0 Å². The molecular formula is C23H20ClN5O2. The van der Waals surface area contributed by atoms with Crippen molar-refractivity contribution in [3.63, 3.8) is 0 Å². The Hall–Kier alpha value is -3.71. The van der Waals surface area contributed by atoms with E-state index in [4.69, 9.17) is 11.6 Å². The zero-order chi connectivity index (χ0) is 21.8. The van der Waals surface area contributed by atoms with E-state index in [9.17, 15) is 9.59 Å². The number of urea groups is 1.